The van der Waals surface area contributed by atoms with E-state index in [4.69, 9.17) is 16.3 Å². The van der Waals surface area contributed by atoms with E-state index >= 15 is 0 Å². The lowest BCUT2D eigenvalue weighted by Crippen LogP contribution is -2.32. The molecule has 1 heterocycles. The molecule has 2 N–H and O–H groups in total. The van der Waals surface area contributed by atoms with Gasteiger partial charge in [0.2, 0.25) is 0 Å². The highest BCUT2D eigenvalue weighted by atomic mass is 35.5. The number of halogens is 2. The third kappa shape index (κ3) is 5.54. The molecule has 0 bridgehead atoms. The molecule has 0 fully saturated rings. The lowest BCUT2D eigenvalue weighted by atomic mass is 10.3. The van der Waals surface area contributed by atoms with Gasteiger partial charge in [0.1, 0.15) is 4.88 Å². The Hall–Kier alpha value is -0.330. The Morgan fingerprint density at radius 2 is 2.17 bits per heavy atom. The maximum absolute atomic E-state index is 11.7. The van der Waals surface area contributed by atoms with Crippen molar-refractivity contribution >= 4 is 41.3 Å². The zero-order valence-electron chi connectivity index (χ0n) is 10.4. The van der Waals surface area contributed by atoms with E-state index in [9.17, 15) is 4.79 Å². The SMILES string of the molecule is COCCNCCNC(=O)c1scc(C)c1Cl.Cl. The number of thiophene rings is 1. The molecule has 0 saturated heterocycles. The predicted octanol–water partition coefficient (Wildman–Crippen LogP) is 2.10. The van der Waals surface area contributed by atoms with E-state index < -0.39 is 0 Å². The summed E-state index contributed by atoms with van der Waals surface area (Å²) < 4.78 is 4.89. The van der Waals surface area contributed by atoms with E-state index in [0.717, 1.165) is 18.7 Å². The molecule has 1 aromatic rings. The van der Waals surface area contributed by atoms with E-state index in [-0.39, 0.29) is 18.3 Å². The molecule has 0 atom stereocenters. The zero-order valence-corrected chi connectivity index (χ0v) is 12.8. The van der Waals surface area contributed by atoms with Crippen LogP contribution in [0.1, 0.15) is 15.2 Å². The maximum Gasteiger partial charge on any atom is 0.262 e. The van der Waals surface area contributed by atoms with Crippen LogP contribution in [0.15, 0.2) is 5.38 Å². The van der Waals surface area contributed by atoms with Gasteiger partial charge in [0.05, 0.1) is 11.6 Å². The van der Waals surface area contributed by atoms with Crippen LogP contribution in [-0.2, 0) is 4.74 Å². The molecular formula is C11H18Cl2N2O2S. The Morgan fingerprint density at radius 1 is 1.44 bits per heavy atom. The lowest BCUT2D eigenvalue weighted by Gasteiger charge is -2.05. The minimum atomic E-state index is -0.110. The second-order valence-electron chi connectivity index (χ2n) is 3.56. The van der Waals surface area contributed by atoms with Crippen molar-refractivity contribution in [2.75, 3.05) is 33.4 Å². The molecular weight excluding hydrogens is 295 g/mol. The molecule has 0 aromatic carbocycles. The summed E-state index contributed by atoms with van der Waals surface area (Å²) in [5.74, 6) is -0.110. The van der Waals surface area contributed by atoms with Gasteiger partial charge in [0, 0.05) is 26.7 Å². The number of aryl methyl sites for hydroxylation is 1. The third-order valence-corrected chi connectivity index (χ3v) is 3.87. The molecule has 1 rings (SSSR count). The van der Waals surface area contributed by atoms with Crippen molar-refractivity contribution in [3.63, 3.8) is 0 Å². The van der Waals surface area contributed by atoms with E-state index in [1.165, 1.54) is 11.3 Å². The fourth-order valence-electron chi connectivity index (χ4n) is 1.23. The molecule has 7 heteroatoms. The Balaban J connectivity index is 0.00000289. The fourth-order valence-corrected chi connectivity index (χ4v) is 2.42. The van der Waals surface area contributed by atoms with Crippen LogP contribution in [0, 0.1) is 6.92 Å². The first kappa shape index (κ1) is 17.7. The van der Waals surface area contributed by atoms with Crippen LogP contribution in [0.4, 0.5) is 0 Å². The predicted molar refractivity (Wildman–Crippen MR) is 78.4 cm³/mol. The average Bonchev–Trinajstić information content (AvgIpc) is 2.64. The van der Waals surface area contributed by atoms with Crippen LogP contribution >= 0.6 is 35.3 Å². The van der Waals surface area contributed by atoms with Gasteiger partial charge in [-0.3, -0.25) is 4.79 Å². The van der Waals surface area contributed by atoms with Crippen LogP contribution in [0.3, 0.4) is 0 Å². The summed E-state index contributed by atoms with van der Waals surface area (Å²) in [4.78, 5) is 12.3. The highest BCUT2D eigenvalue weighted by Gasteiger charge is 2.13. The van der Waals surface area contributed by atoms with Crippen LogP contribution in [0.25, 0.3) is 0 Å². The lowest BCUT2D eigenvalue weighted by molar-refractivity contribution is 0.0958. The van der Waals surface area contributed by atoms with Gasteiger partial charge in [-0.05, 0) is 17.9 Å². The number of nitrogens with one attached hydrogen (secondary N) is 2. The van der Waals surface area contributed by atoms with Crippen molar-refractivity contribution in [3.8, 4) is 0 Å². The van der Waals surface area contributed by atoms with E-state index in [2.05, 4.69) is 10.6 Å². The van der Waals surface area contributed by atoms with Crippen molar-refractivity contribution in [1.82, 2.24) is 10.6 Å². The molecule has 1 amide bonds. The van der Waals surface area contributed by atoms with Gasteiger partial charge in [-0.25, -0.2) is 0 Å². The molecule has 0 spiro atoms. The number of carbonyl (C=O) groups excluding carboxylic acids is 1. The monoisotopic (exact) mass is 312 g/mol. The number of carbonyl (C=O) groups is 1. The summed E-state index contributed by atoms with van der Waals surface area (Å²) in [7, 11) is 1.66. The molecule has 1 aromatic heterocycles. The Labute approximate surface area is 122 Å². The third-order valence-electron chi connectivity index (χ3n) is 2.18. The molecule has 104 valence electrons. The summed E-state index contributed by atoms with van der Waals surface area (Å²) >= 11 is 7.37. The highest BCUT2D eigenvalue weighted by Crippen LogP contribution is 2.26. The molecule has 0 aliphatic heterocycles. The van der Waals surface area contributed by atoms with Crippen molar-refractivity contribution in [1.29, 1.82) is 0 Å². The molecule has 4 nitrogen and oxygen atoms in total. The topological polar surface area (TPSA) is 50.4 Å². The average molecular weight is 313 g/mol. The van der Waals surface area contributed by atoms with Crippen molar-refractivity contribution in [2.45, 2.75) is 6.92 Å². The van der Waals surface area contributed by atoms with Crippen LogP contribution in [0.5, 0.6) is 0 Å². The van der Waals surface area contributed by atoms with Crippen molar-refractivity contribution in [2.24, 2.45) is 0 Å². The number of amides is 1. The molecule has 0 aliphatic carbocycles. The summed E-state index contributed by atoms with van der Waals surface area (Å²) in [6.45, 7) is 4.64. The Morgan fingerprint density at radius 3 is 2.72 bits per heavy atom. The first-order chi connectivity index (χ1) is 8.16. The normalized spacial score (nSPS) is 9.94. The summed E-state index contributed by atoms with van der Waals surface area (Å²) in [6, 6.07) is 0. The molecule has 0 unspecified atom stereocenters. The number of hydrogen-bond donors (Lipinski definition) is 2. The van der Waals surface area contributed by atoms with E-state index in [1.54, 1.807) is 7.11 Å². The standard InChI is InChI=1S/C11H17ClN2O2S.ClH/c1-8-7-17-10(9(8)12)11(15)14-4-3-13-5-6-16-2;/h7,13H,3-6H2,1-2H3,(H,14,15);1H. The molecule has 0 saturated carbocycles. The van der Waals surface area contributed by atoms with Crippen LogP contribution in [-0.4, -0.2) is 39.3 Å². The Bertz CT molecular complexity index is 372. The minimum Gasteiger partial charge on any atom is -0.383 e. The van der Waals surface area contributed by atoms with Gasteiger partial charge >= 0.3 is 0 Å². The van der Waals surface area contributed by atoms with Gasteiger partial charge in [-0.15, -0.1) is 23.7 Å². The number of hydrogen-bond acceptors (Lipinski definition) is 4. The first-order valence-corrected chi connectivity index (χ1v) is 6.64. The van der Waals surface area contributed by atoms with E-state index in [1.807, 2.05) is 12.3 Å². The summed E-state index contributed by atoms with van der Waals surface area (Å²) in [5, 5.41) is 8.40. The summed E-state index contributed by atoms with van der Waals surface area (Å²) in [5.41, 5.74) is 0.944. The summed E-state index contributed by atoms with van der Waals surface area (Å²) in [6.07, 6.45) is 0. The number of methoxy groups -OCH3 is 1. The zero-order chi connectivity index (χ0) is 12.7. The smallest absolute Gasteiger partial charge is 0.262 e. The van der Waals surface area contributed by atoms with Crippen LogP contribution < -0.4 is 10.6 Å². The first-order valence-electron chi connectivity index (χ1n) is 5.38. The fraction of sp³-hybridized carbons (Fsp3) is 0.545. The largest absolute Gasteiger partial charge is 0.383 e. The number of ether oxygens (including phenoxy) is 1. The van der Waals surface area contributed by atoms with Gasteiger partial charge in [-0.1, -0.05) is 11.6 Å². The Kier molecular flexibility index (Phi) is 9.40. The highest BCUT2D eigenvalue weighted by molar-refractivity contribution is 7.13. The van der Waals surface area contributed by atoms with Gasteiger partial charge in [-0.2, -0.15) is 0 Å². The van der Waals surface area contributed by atoms with Gasteiger partial charge in [0.15, 0.2) is 0 Å². The van der Waals surface area contributed by atoms with Crippen LogP contribution in [0.2, 0.25) is 5.02 Å². The van der Waals surface area contributed by atoms with Gasteiger partial charge < -0.3 is 15.4 Å². The quantitative estimate of drug-likeness (QED) is 0.758. The minimum absolute atomic E-state index is 0. The molecule has 18 heavy (non-hydrogen) atoms. The van der Waals surface area contributed by atoms with Crippen molar-refractivity contribution < 1.29 is 9.53 Å². The maximum atomic E-state index is 11.7. The molecule has 0 radical (unpaired) electrons. The number of rotatable bonds is 7. The second kappa shape index (κ2) is 9.58. The second-order valence-corrected chi connectivity index (χ2v) is 4.82. The molecule has 0 aliphatic rings. The van der Waals surface area contributed by atoms with Crippen molar-refractivity contribution in [3.05, 3.63) is 20.8 Å². The van der Waals surface area contributed by atoms with Gasteiger partial charge in [0.25, 0.3) is 5.91 Å². The van der Waals surface area contributed by atoms with E-state index in [0.29, 0.717) is 23.1 Å².